The summed E-state index contributed by atoms with van der Waals surface area (Å²) in [6.07, 6.45) is 2.08. The molecule has 0 radical (unpaired) electrons. The minimum absolute atomic E-state index is 0.0262. The van der Waals surface area contributed by atoms with Crippen molar-refractivity contribution in [3.63, 3.8) is 0 Å². The van der Waals surface area contributed by atoms with Crippen LogP contribution in [0, 0.1) is 6.92 Å². The van der Waals surface area contributed by atoms with Gasteiger partial charge in [0.1, 0.15) is 12.1 Å². The van der Waals surface area contributed by atoms with Gasteiger partial charge in [0.05, 0.1) is 0 Å². The van der Waals surface area contributed by atoms with E-state index in [1.54, 1.807) is 37.3 Å². The van der Waals surface area contributed by atoms with E-state index in [0.717, 1.165) is 42.0 Å². The van der Waals surface area contributed by atoms with Crippen molar-refractivity contribution < 1.29 is 19.2 Å². The van der Waals surface area contributed by atoms with Crippen molar-refractivity contribution in [2.75, 3.05) is 19.6 Å². The first-order valence-corrected chi connectivity index (χ1v) is 11.1. The summed E-state index contributed by atoms with van der Waals surface area (Å²) in [7, 11) is 0. The van der Waals surface area contributed by atoms with Crippen molar-refractivity contribution in [3.8, 4) is 0 Å². The van der Waals surface area contributed by atoms with Crippen LogP contribution in [0.5, 0.6) is 0 Å². The lowest BCUT2D eigenvalue weighted by Gasteiger charge is -2.24. The fourth-order valence-electron chi connectivity index (χ4n) is 4.43. The fourth-order valence-corrected chi connectivity index (χ4v) is 4.43. The summed E-state index contributed by atoms with van der Waals surface area (Å²) in [4.78, 5) is 53.2. The van der Waals surface area contributed by atoms with Crippen LogP contribution in [0.1, 0.15) is 46.8 Å². The summed E-state index contributed by atoms with van der Waals surface area (Å²) >= 11 is 0. The molecule has 1 atom stereocenters. The van der Waals surface area contributed by atoms with Gasteiger partial charge in [-0.3, -0.25) is 19.3 Å². The highest BCUT2D eigenvalue weighted by Crippen LogP contribution is 2.30. The molecule has 2 aliphatic heterocycles. The zero-order valence-corrected chi connectivity index (χ0v) is 18.9. The average Bonchev–Trinajstić information content (AvgIpc) is 3.42. The third-order valence-corrected chi connectivity index (χ3v) is 6.34. The van der Waals surface area contributed by atoms with E-state index in [2.05, 4.69) is 10.6 Å². The minimum atomic E-state index is -1.21. The quantitative estimate of drug-likeness (QED) is 0.663. The molecule has 2 aromatic rings. The lowest BCUT2D eigenvalue weighted by molar-refractivity contribution is -0.134. The van der Waals surface area contributed by atoms with Gasteiger partial charge < -0.3 is 15.5 Å². The van der Waals surface area contributed by atoms with Gasteiger partial charge in [0.15, 0.2) is 0 Å². The zero-order chi connectivity index (χ0) is 23.6. The van der Waals surface area contributed by atoms with Gasteiger partial charge in [0.25, 0.3) is 11.8 Å². The molecule has 4 rings (SSSR count). The lowest BCUT2D eigenvalue weighted by Crippen LogP contribution is -2.43. The van der Waals surface area contributed by atoms with Crippen LogP contribution >= 0.6 is 0 Å². The Morgan fingerprint density at radius 2 is 1.70 bits per heavy atom. The molecule has 8 heteroatoms. The summed E-state index contributed by atoms with van der Waals surface area (Å²) in [5, 5.41) is 5.47. The zero-order valence-electron chi connectivity index (χ0n) is 18.9. The molecule has 2 N–H and O–H groups in total. The van der Waals surface area contributed by atoms with E-state index in [1.807, 2.05) is 30.0 Å². The van der Waals surface area contributed by atoms with Gasteiger partial charge in [0, 0.05) is 25.2 Å². The number of rotatable bonds is 6. The topological polar surface area (TPSA) is 98.8 Å². The number of carbonyl (C=O) groups is 4. The molecule has 8 nitrogen and oxygen atoms in total. The summed E-state index contributed by atoms with van der Waals surface area (Å²) in [5.41, 5.74) is 1.83. The van der Waals surface area contributed by atoms with Crippen LogP contribution in [-0.2, 0) is 21.7 Å². The summed E-state index contributed by atoms with van der Waals surface area (Å²) < 4.78 is 0. The van der Waals surface area contributed by atoms with E-state index in [-0.39, 0.29) is 19.0 Å². The molecule has 172 valence electrons. The van der Waals surface area contributed by atoms with E-state index >= 15 is 0 Å². The molecule has 0 aromatic heterocycles. The second kappa shape index (κ2) is 9.05. The first-order valence-electron chi connectivity index (χ1n) is 11.1. The van der Waals surface area contributed by atoms with Crippen LogP contribution in [0.2, 0.25) is 0 Å². The molecule has 0 spiro atoms. The number of amides is 5. The maximum atomic E-state index is 13.0. The number of benzene rings is 2. The molecule has 1 unspecified atom stereocenters. The van der Waals surface area contributed by atoms with E-state index in [9.17, 15) is 19.2 Å². The van der Waals surface area contributed by atoms with Crippen LogP contribution < -0.4 is 10.6 Å². The third kappa shape index (κ3) is 4.46. The maximum Gasteiger partial charge on any atom is 0.325 e. The maximum absolute atomic E-state index is 13.0. The molecule has 2 fully saturated rings. The highest BCUT2D eigenvalue weighted by atomic mass is 16.2. The third-order valence-electron chi connectivity index (χ3n) is 6.34. The van der Waals surface area contributed by atoms with Crippen molar-refractivity contribution >= 4 is 23.8 Å². The van der Waals surface area contributed by atoms with Gasteiger partial charge in [-0.25, -0.2) is 4.79 Å². The van der Waals surface area contributed by atoms with Crippen LogP contribution in [0.3, 0.4) is 0 Å². The Morgan fingerprint density at radius 3 is 2.36 bits per heavy atom. The number of imide groups is 1. The average molecular weight is 449 g/mol. The number of hydrogen-bond donors (Lipinski definition) is 2. The number of nitrogens with zero attached hydrogens (tertiary/aromatic N) is 2. The molecular weight excluding hydrogens is 420 g/mol. The van der Waals surface area contributed by atoms with Crippen LogP contribution in [0.15, 0.2) is 48.5 Å². The van der Waals surface area contributed by atoms with Gasteiger partial charge in [-0.2, -0.15) is 0 Å². The highest BCUT2D eigenvalue weighted by Gasteiger charge is 2.49. The van der Waals surface area contributed by atoms with Crippen molar-refractivity contribution in [2.45, 2.75) is 38.8 Å². The van der Waals surface area contributed by atoms with Crippen molar-refractivity contribution in [1.82, 2.24) is 20.4 Å². The molecular formula is C25H28N4O4. The van der Waals surface area contributed by atoms with Gasteiger partial charge in [-0.15, -0.1) is 0 Å². The number of carbonyl (C=O) groups excluding carboxylic acids is 4. The molecule has 0 bridgehead atoms. The number of aryl methyl sites for hydroxylation is 1. The lowest BCUT2D eigenvalue weighted by atomic mass is 9.88. The van der Waals surface area contributed by atoms with Gasteiger partial charge >= 0.3 is 6.03 Å². The molecule has 2 aliphatic rings. The molecule has 0 saturated carbocycles. The molecule has 5 amide bonds. The number of nitrogens with one attached hydrogen (secondary N) is 2. The number of urea groups is 1. The smallest absolute Gasteiger partial charge is 0.325 e. The van der Waals surface area contributed by atoms with E-state index in [1.165, 1.54) is 0 Å². The van der Waals surface area contributed by atoms with Crippen molar-refractivity contribution in [2.24, 2.45) is 0 Å². The van der Waals surface area contributed by atoms with Gasteiger partial charge in [-0.05, 0) is 55.5 Å². The van der Waals surface area contributed by atoms with E-state index < -0.39 is 23.4 Å². The Kier molecular flexibility index (Phi) is 6.18. The molecule has 33 heavy (non-hydrogen) atoms. The Labute approximate surface area is 192 Å². The fraction of sp³-hybridized carbons (Fsp3) is 0.360. The first-order chi connectivity index (χ1) is 15.8. The number of hydrogen-bond acceptors (Lipinski definition) is 4. The normalized spacial score (nSPS) is 20.2. The second-order valence-electron chi connectivity index (χ2n) is 8.73. The largest absolute Gasteiger partial charge is 0.350 e. The Morgan fingerprint density at radius 1 is 1.03 bits per heavy atom. The summed E-state index contributed by atoms with van der Waals surface area (Å²) in [6, 6.07) is 13.9. The SMILES string of the molecule is Cc1ccccc1C1(C)NC(=O)N(CC(=O)NCc2ccc(C(=O)N3CCCC3)cc2)C1=O. The minimum Gasteiger partial charge on any atom is -0.350 e. The van der Waals surface area contributed by atoms with Crippen molar-refractivity contribution in [3.05, 3.63) is 70.8 Å². The molecule has 2 aromatic carbocycles. The predicted octanol–water partition coefficient (Wildman–Crippen LogP) is 2.31. The second-order valence-corrected chi connectivity index (χ2v) is 8.73. The molecule has 0 aliphatic carbocycles. The monoisotopic (exact) mass is 448 g/mol. The number of likely N-dealkylation sites (tertiary alicyclic amines) is 1. The van der Waals surface area contributed by atoms with Gasteiger partial charge in [-0.1, -0.05) is 36.4 Å². The Balaban J connectivity index is 1.34. The van der Waals surface area contributed by atoms with Gasteiger partial charge in [0.2, 0.25) is 5.91 Å². The van der Waals surface area contributed by atoms with E-state index in [0.29, 0.717) is 11.1 Å². The van der Waals surface area contributed by atoms with Crippen LogP contribution in [0.25, 0.3) is 0 Å². The highest BCUT2D eigenvalue weighted by molar-refractivity contribution is 6.09. The van der Waals surface area contributed by atoms with E-state index in [4.69, 9.17) is 0 Å². The standard InChI is InChI=1S/C25H28N4O4/c1-17-7-3-4-8-20(17)25(2)23(32)29(24(33)27-25)16-21(30)26-15-18-9-11-19(12-10-18)22(31)28-13-5-6-14-28/h3-4,7-12H,5-6,13-16H2,1-2H3,(H,26,30)(H,27,33). The Hall–Kier alpha value is -3.68. The molecule has 2 saturated heterocycles. The predicted molar refractivity (Wildman–Crippen MR) is 122 cm³/mol. The summed E-state index contributed by atoms with van der Waals surface area (Å²) in [6.45, 7) is 4.98. The van der Waals surface area contributed by atoms with Crippen molar-refractivity contribution in [1.29, 1.82) is 0 Å². The Bertz CT molecular complexity index is 1090. The first kappa shape index (κ1) is 22.5. The molecule has 2 heterocycles. The van der Waals surface area contributed by atoms with Crippen LogP contribution in [-0.4, -0.2) is 53.2 Å². The summed E-state index contributed by atoms with van der Waals surface area (Å²) in [5.74, 6) is -0.871. The van der Waals surface area contributed by atoms with Crippen LogP contribution in [0.4, 0.5) is 4.79 Å².